The topological polar surface area (TPSA) is 56.5 Å². The lowest BCUT2D eigenvalue weighted by Gasteiger charge is -2.27. The molecule has 0 radical (unpaired) electrons. The minimum Gasteiger partial charge on any atom is -0.486 e. The third kappa shape index (κ3) is 3.65. The molecule has 1 saturated carbocycles. The summed E-state index contributed by atoms with van der Waals surface area (Å²) in [6, 6.07) is 5.22. The molecule has 0 bridgehead atoms. The first kappa shape index (κ1) is 15.0. The highest BCUT2D eigenvalue weighted by Gasteiger charge is 2.19. The molecule has 1 aliphatic carbocycles. The Labute approximate surface area is 130 Å². The van der Waals surface area contributed by atoms with Crippen LogP contribution in [0.25, 0.3) is 0 Å². The molecule has 0 atom stereocenters. The highest BCUT2D eigenvalue weighted by atomic mass is 32.2. The summed E-state index contributed by atoms with van der Waals surface area (Å²) in [5.74, 6) is 1.75. The molecule has 0 aromatic heterocycles. The van der Waals surface area contributed by atoms with Crippen molar-refractivity contribution in [2.45, 2.75) is 49.2 Å². The second-order valence-electron chi connectivity index (χ2n) is 5.80. The smallest absolute Gasteiger partial charge is 0.162 e. The van der Waals surface area contributed by atoms with Gasteiger partial charge in [0.1, 0.15) is 13.2 Å². The van der Waals surface area contributed by atoms with Crippen LogP contribution in [0.2, 0.25) is 0 Å². The third-order valence-corrected chi connectivity index (χ3v) is 5.12. The van der Waals surface area contributed by atoms with Crippen molar-refractivity contribution in [3.63, 3.8) is 0 Å². The summed E-state index contributed by atoms with van der Waals surface area (Å²) in [6.45, 7) is 2.16. The summed E-state index contributed by atoms with van der Waals surface area (Å²) in [4.78, 5) is 1.26. The van der Waals surface area contributed by atoms with Gasteiger partial charge in [-0.2, -0.15) is 0 Å². The van der Waals surface area contributed by atoms with Crippen LogP contribution in [0.5, 0.6) is 11.5 Å². The number of nitrogens with one attached hydrogen (secondary N) is 1. The first-order valence-corrected chi connectivity index (χ1v) is 8.94. The Bertz CT molecular complexity index is 487. The van der Waals surface area contributed by atoms with Crippen LogP contribution >= 0.6 is 11.8 Å². The highest BCUT2D eigenvalue weighted by Crippen LogP contribution is 2.36. The van der Waals surface area contributed by atoms with Crippen LogP contribution in [0, 0.1) is 0 Å². The SMILES string of the molecule is CSc1cc2c(cc1CNC1CCC(N)CC1)OCCO2. The van der Waals surface area contributed by atoms with Crippen molar-refractivity contribution < 1.29 is 9.47 Å². The molecule has 1 fully saturated rings. The minimum absolute atomic E-state index is 0.402. The van der Waals surface area contributed by atoms with Crippen LogP contribution in [0.3, 0.4) is 0 Å². The van der Waals surface area contributed by atoms with Crippen LogP contribution in [0.4, 0.5) is 0 Å². The number of fused-ring (bicyclic) bond motifs is 1. The van der Waals surface area contributed by atoms with Crippen molar-refractivity contribution in [1.29, 1.82) is 0 Å². The first-order chi connectivity index (χ1) is 10.3. The van der Waals surface area contributed by atoms with Gasteiger partial charge in [0.25, 0.3) is 0 Å². The number of thioether (sulfide) groups is 1. The second kappa shape index (κ2) is 6.90. The summed E-state index contributed by atoms with van der Waals surface area (Å²) in [6.07, 6.45) is 6.73. The predicted molar refractivity (Wildman–Crippen MR) is 86.3 cm³/mol. The lowest BCUT2D eigenvalue weighted by molar-refractivity contribution is 0.170. The van der Waals surface area contributed by atoms with Crippen molar-refractivity contribution in [2.75, 3.05) is 19.5 Å². The molecule has 1 aliphatic heterocycles. The average molecular weight is 308 g/mol. The number of ether oxygens (including phenoxy) is 2. The molecule has 1 heterocycles. The van der Waals surface area contributed by atoms with Gasteiger partial charge in [-0.05, 0) is 49.6 Å². The van der Waals surface area contributed by atoms with Gasteiger partial charge in [0.05, 0.1) is 0 Å². The number of benzene rings is 1. The Morgan fingerprint density at radius 2 is 1.81 bits per heavy atom. The molecule has 0 amide bonds. The van der Waals surface area contributed by atoms with Gasteiger partial charge in [0.2, 0.25) is 0 Å². The van der Waals surface area contributed by atoms with E-state index in [1.165, 1.54) is 23.3 Å². The maximum atomic E-state index is 5.96. The van der Waals surface area contributed by atoms with E-state index in [0.717, 1.165) is 30.9 Å². The monoisotopic (exact) mass is 308 g/mol. The van der Waals surface area contributed by atoms with E-state index in [1.807, 2.05) is 0 Å². The maximum absolute atomic E-state index is 5.96. The zero-order chi connectivity index (χ0) is 14.7. The molecule has 0 saturated heterocycles. The van der Waals surface area contributed by atoms with Gasteiger partial charge >= 0.3 is 0 Å². The summed E-state index contributed by atoms with van der Waals surface area (Å²) < 4.78 is 11.3. The predicted octanol–water partition coefficient (Wildman–Crippen LogP) is 2.54. The summed E-state index contributed by atoms with van der Waals surface area (Å²) >= 11 is 1.76. The molecule has 21 heavy (non-hydrogen) atoms. The van der Waals surface area contributed by atoms with Crippen LogP contribution in [0.15, 0.2) is 17.0 Å². The van der Waals surface area contributed by atoms with Gasteiger partial charge < -0.3 is 20.5 Å². The van der Waals surface area contributed by atoms with E-state index in [9.17, 15) is 0 Å². The number of rotatable bonds is 4. The molecular formula is C16H24N2O2S. The zero-order valence-electron chi connectivity index (χ0n) is 12.6. The normalized spacial score (nSPS) is 24.9. The van der Waals surface area contributed by atoms with E-state index in [1.54, 1.807) is 11.8 Å². The Kier molecular flexibility index (Phi) is 4.93. The molecule has 1 aromatic rings. The van der Waals surface area contributed by atoms with Gasteiger partial charge in [0, 0.05) is 23.5 Å². The number of nitrogens with two attached hydrogens (primary N) is 1. The van der Waals surface area contributed by atoms with E-state index in [-0.39, 0.29) is 0 Å². The lowest BCUT2D eigenvalue weighted by Crippen LogP contribution is -2.37. The van der Waals surface area contributed by atoms with Crippen LogP contribution in [-0.4, -0.2) is 31.6 Å². The van der Waals surface area contributed by atoms with E-state index < -0.39 is 0 Å². The van der Waals surface area contributed by atoms with Crippen molar-refractivity contribution in [2.24, 2.45) is 5.73 Å². The molecule has 3 rings (SSSR count). The third-order valence-electron chi connectivity index (χ3n) is 4.30. The Balaban J connectivity index is 1.66. The maximum Gasteiger partial charge on any atom is 0.162 e. The molecule has 4 nitrogen and oxygen atoms in total. The quantitative estimate of drug-likeness (QED) is 0.837. The number of hydrogen-bond donors (Lipinski definition) is 2. The Morgan fingerprint density at radius 1 is 1.14 bits per heavy atom. The lowest BCUT2D eigenvalue weighted by atomic mass is 9.92. The Hall–Kier alpha value is -0.910. The van der Waals surface area contributed by atoms with Crippen LogP contribution in [0.1, 0.15) is 31.2 Å². The molecule has 116 valence electrons. The van der Waals surface area contributed by atoms with Crippen molar-refractivity contribution >= 4 is 11.8 Å². The first-order valence-electron chi connectivity index (χ1n) is 7.71. The number of hydrogen-bond acceptors (Lipinski definition) is 5. The van der Waals surface area contributed by atoms with Gasteiger partial charge in [-0.1, -0.05) is 0 Å². The van der Waals surface area contributed by atoms with Crippen LogP contribution in [-0.2, 0) is 6.54 Å². The molecule has 3 N–H and O–H groups in total. The summed E-state index contributed by atoms with van der Waals surface area (Å²) in [7, 11) is 0. The van der Waals surface area contributed by atoms with E-state index in [0.29, 0.717) is 25.3 Å². The van der Waals surface area contributed by atoms with Crippen molar-refractivity contribution in [1.82, 2.24) is 5.32 Å². The van der Waals surface area contributed by atoms with Gasteiger partial charge in [-0.3, -0.25) is 0 Å². The fourth-order valence-corrected chi connectivity index (χ4v) is 3.64. The second-order valence-corrected chi connectivity index (χ2v) is 6.65. The zero-order valence-corrected chi connectivity index (χ0v) is 13.4. The molecule has 2 aliphatic rings. The molecule has 0 spiro atoms. The van der Waals surface area contributed by atoms with Crippen molar-refractivity contribution in [3.05, 3.63) is 17.7 Å². The summed E-state index contributed by atoms with van der Waals surface area (Å²) in [5.41, 5.74) is 7.26. The Morgan fingerprint density at radius 3 is 2.48 bits per heavy atom. The van der Waals surface area contributed by atoms with Gasteiger partial charge in [-0.25, -0.2) is 0 Å². The largest absolute Gasteiger partial charge is 0.486 e. The molecule has 0 unspecified atom stereocenters. The average Bonchev–Trinajstić information content (AvgIpc) is 2.53. The minimum atomic E-state index is 0.402. The van der Waals surface area contributed by atoms with Gasteiger partial charge in [-0.15, -0.1) is 11.8 Å². The van der Waals surface area contributed by atoms with E-state index in [2.05, 4.69) is 23.7 Å². The fraction of sp³-hybridized carbons (Fsp3) is 0.625. The molecule has 5 heteroatoms. The van der Waals surface area contributed by atoms with E-state index >= 15 is 0 Å². The summed E-state index contributed by atoms with van der Waals surface area (Å²) in [5, 5.41) is 3.67. The van der Waals surface area contributed by atoms with E-state index in [4.69, 9.17) is 15.2 Å². The highest BCUT2D eigenvalue weighted by molar-refractivity contribution is 7.98. The van der Waals surface area contributed by atoms with Gasteiger partial charge in [0.15, 0.2) is 11.5 Å². The standard InChI is InChI=1S/C16H24N2O2S/c1-21-16-9-15-14(19-6-7-20-15)8-11(16)10-18-13-4-2-12(17)3-5-13/h8-9,12-13,18H,2-7,10,17H2,1H3. The molecule has 1 aromatic carbocycles. The van der Waals surface area contributed by atoms with Crippen molar-refractivity contribution in [3.8, 4) is 11.5 Å². The van der Waals surface area contributed by atoms with Crippen LogP contribution < -0.4 is 20.5 Å². The fourth-order valence-electron chi connectivity index (χ4n) is 3.02. The molecular weight excluding hydrogens is 284 g/mol.